The zero-order valence-electron chi connectivity index (χ0n) is 12.7. The minimum absolute atomic E-state index is 0.0758. The Labute approximate surface area is 125 Å². The number of benzene rings is 1. The van der Waals surface area contributed by atoms with Crippen LogP contribution in [-0.2, 0) is 19.6 Å². The molecular weight excluding hydrogens is 292 g/mol. The van der Waals surface area contributed by atoms with Crippen molar-refractivity contribution in [1.29, 1.82) is 0 Å². The van der Waals surface area contributed by atoms with Crippen molar-refractivity contribution < 1.29 is 17.9 Å². The summed E-state index contributed by atoms with van der Waals surface area (Å²) < 4.78 is 31.8. The molecule has 0 aromatic heterocycles. The molecule has 6 nitrogen and oxygen atoms in total. The minimum Gasteiger partial charge on any atom is -0.468 e. The number of hydrogen-bond donors (Lipinski definition) is 2. The van der Waals surface area contributed by atoms with Crippen LogP contribution in [0.3, 0.4) is 0 Å². The minimum atomic E-state index is -3.82. The molecule has 0 saturated carbocycles. The van der Waals surface area contributed by atoms with Crippen LogP contribution in [-0.4, -0.2) is 27.5 Å². The van der Waals surface area contributed by atoms with Gasteiger partial charge >= 0.3 is 5.97 Å². The van der Waals surface area contributed by atoms with Crippen molar-refractivity contribution in [3.63, 3.8) is 0 Å². The summed E-state index contributed by atoms with van der Waals surface area (Å²) >= 11 is 0. The molecule has 1 aromatic rings. The first-order valence-electron chi connectivity index (χ1n) is 6.64. The molecule has 21 heavy (non-hydrogen) atoms. The first kappa shape index (κ1) is 17.6. The fourth-order valence-corrected chi connectivity index (χ4v) is 3.17. The molecule has 0 aliphatic rings. The second-order valence-corrected chi connectivity index (χ2v) is 6.94. The van der Waals surface area contributed by atoms with Gasteiger partial charge in [-0.25, -0.2) is 8.42 Å². The van der Waals surface area contributed by atoms with Crippen molar-refractivity contribution in [2.24, 2.45) is 11.7 Å². The van der Waals surface area contributed by atoms with Gasteiger partial charge in [-0.15, -0.1) is 0 Å². The summed E-state index contributed by atoms with van der Waals surface area (Å²) in [5.41, 5.74) is 6.46. The highest BCUT2D eigenvalue weighted by atomic mass is 32.2. The Morgan fingerprint density at radius 3 is 2.38 bits per heavy atom. The van der Waals surface area contributed by atoms with Crippen LogP contribution in [0, 0.1) is 5.92 Å². The van der Waals surface area contributed by atoms with Crippen LogP contribution in [0.5, 0.6) is 0 Å². The second kappa shape index (κ2) is 7.02. The molecule has 0 bridgehead atoms. The molecule has 0 spiro atoms. The van der Waals surface area contributed by atoms with Gasteiger partial charge in [0.2, 0.25) is 10.0 Å². The van der Waals surface area contributed by atoms with Crippen molar-refractivity contribution in [3.05, 3.63) is 29.8 Å². The van der Waals surface area contributed by atoms with E-state index >= 15 is 0 Å². The number of sulfonamides is 1. The van der Waals surface area contributed by atoms with E-state index in [1.165, 1.54) is 19.2 Å². The monoisotopic (exact) mass is 314 g/mol. The lowest BCUT2D eigenvalue weighted by molar-refractivity contribution is -0.143. The Balaban J connectivity index is 3.10. The van der Waals surface area contributed by atoms with Crippen molar-refractivity contribution in [2.75, 3.05) is 7.11 Å². The first-order valence-corrected chi connectivity index (χ1v) is 8.13. The van der Waals surface area contributed by atoms with Gasteiger partial charge in [-0.1, -0.05) is 26.0 Å². The fraction of sp³-hybridized carbons (Fsp3) is 0.500. The predicted molar refractivity (Wildman–Crippen MR) is 80.0 cm³/mol. The van der Waals surface area contributed by atoms with Gasteiger partial charge in [-0.3, -0.25) is 4.79 Å². The quantitative estimate of drug-likeness (QED) is 0.768. The van der Waals surface area contributed by atoms with E-state index < -0.39 is 22.0 Å². The number of nitrogens with one attached hydrogen (secondary N) is 1. The number of methoxy groups -OCH3 is 1. The predicted octanol–water partition coefficient (Wildman–Crippen LogP) is 1.18. The number of carbonyl (C=O) groups excluding carboxylic acids is 1. The van der Waals surface area contributed by atoms with E-state index in [1.54, 1.807) is 32.9 Å². The van der Waals surface area contributed by atoms with Gasteiger partial charge in [0.15, 0.2) is 0 Å². The summed E-state index contributed by atoms with van der Waals surface area (Å²) in [6.45, 7) is 5.25. The van der Waals surface area contributed by atoms with Gasteiger partial charge in [0, 0.05) is 6.04 Å². The second-order valence-electron chi connectivity index (χ2n) is 5.23. The summed E-state index contributed by atoms with van der Waals surface area (Å²) in [4.78, 5) is 11.7. The van der Waals surface area contributed by atoms with Gasteiger partial charge in [-0.2, -0.15) is 4.72 Å². The third-order valence-corrected chi connectivity index (χ3v) is 4.54. The Bertz CT molecular complexity index is 597. The lowest BCUT2D eigenvalue weighted by Crippen LogP contribution is -2.44. The maximum Gasteiger partial charge on any atom is 0.324 e. The zero-order valence-corrected chi connectivity index (χ0v) is 13.5. The molecule has 0 aliphatic heterocycles. The van der Waals surface area contributed by atoms with Crippen molar-refractivity contribution in [1.82, 2.24) is 4.72 Å². The van der Waals surface area contributed by atoms with Crippen molar-refractivity contribution in [3.8, 4) is 0 Å². The largest absolute Gasteiger partial charge is 0.468 e. The Kier molecular flexibility index (Phi) is 5.88. The lowest BCUT2D eigenvalue weighted by Gasteiger charge is -2.20. The van der Waals surface area contributed by atoms with Crippen LogP contribution in [0.2, 0.25) is 0 Å². The normalized spacial score (nSPS) is 14.8. The average Bonchev–Trinajstić information content (AvgIpc) is 2.43. The standard InChI is InChI=1S/C14H22N2O4S/c1-9(2)13(14(17)20-4)16-21(18,19)12-7-5-6-11(8-12)10(3)15/h5-10,13,16H,15H2,1-4H3. The summed E-state index contributed by atoms with van der Waals surface area (Å²) in [7, 11) is -2.60. The highest BCUT2D eigenvalue weighted by molar-refractivity contribution is 7.89. The number of carbonyl (C=O) groups is 1. The Hall–Kier alpha value is -1.44. The Morgan fingerprint density at radius 2 is 1.90 bits per heavy atom. The topological polar surface area (TPSA) is 98.5 Å². The molecule has 0 fully saturated rings. The maximum atomic E-state index is 12.4. The van der Waals surface area contributed by atoms with Gasteiger partial charge in [0.1, 0.15) is 6.04 Å². The van der Waals surface area contributed by atoms with Crippen LogP contribution < -0.4 is 10.5 Å². The fourth-order valence-electron chi connectivity index (χ4n) is 1.78. The maximum absolute atomic E-state index is 12.4. The smallest absolute Gasteiger partial charge is 0.324 e. The molecule has 1 rings (SSSR count). The zero-order chi connectivity index (χ0) is 16.2. The summed E-state index contributed by atoms with van der Waals surface area (Å²) in [5, 5.41) is 0. The number of hydrogen-bond acceptors (Lipinski definition) is 5. The highest BCUT2D eigenvalue weighted by Gasteiger charge is 2.29. The van der Waals surface area contributed by atoms with Crippen molar-refractivity contribution in [2.45, 2.75) is 37.8 Å². The van der Waals surface area contributed by atoms with Crippen LogP contribution in [0.4, 0.5) is 0 Å². The van der Waals surface area contributed by atoms with Crippen LogP contribution in [0.15, 0.2) is 29.2 Å². The van der Waals surface area contributed by atoms with E-state index in [-0.39, 0.29) is 16.9 Å². The first-order chi connectivity index (χ1) is 9.69. The molecule has 3 N–H and O–H groups in total. The molecule has 0 aliphatic carbocycles. The van der Waals surface area contributed by atoms with E-state index in [0.717, 1.165) is 0 Å². The van der Waals surface area contributed by atoms with E-state index in [0.29, 0.717) is 5.56 Å². The van der Waals surface area contributed by atoms with Gasteiger partial charge in [-0.05, 0) is 30.5 Å². The third kappa shape index (κ3) is 4.52. The van der Waals surface area contributed by atoms with Gasteiger partial charge in [0.25, 0.3) is 0 Å². The summed E-state index contributed by atoms with van der Waals surface area (Å²) in [6.07, 6.45) is 0. The summed E-state index contributed by atoms with van der Waals surface area (Å²) in [5.74, 6) is -0.847. The Morgan fingerprint density at radius 1 is 1.29 bits per heavy atom. The SMILES string of the molecule is COC(=O)C(NS(=O)(=O)c1cccc(C(C)N)c1)C(C)C. The molecular formula is C14H22N2O4S. The lowest BCUT2D eigenvalue weighted by atomic mass is 10.1. The van der Waals surface area contributed by atoms with Crippen molar-refractivity contribution >= 4 is 16.0 Å². The van der Waals surface area contributed by atoms with E-state index in [4.69, 9.17) is 5.73 Å². The van der Waals surface area contributed by atoms with Gasteiger partial charge in [0.05, 0.1) is 12.0 Å². The van der Waals surface area contributed by atoms with Crippen LogP contribution in [0.1, 0.15) is 32.4 Å². The number of ether oxygens (including phenoxy) is 1. The molecule has 7 heteroatoms. The highest BCUT2D eigenvalue weighted by Crippen LogP contribution is 2.17. The van der Waals surface area contributed by atoms with E-state index in [2.05, 4.69) is 9.46 Å². The number of rotatable bonds is 6. The number of nitrogens with two attached hydrogens (primary N) is 1. The molecule has 0 saturated heterocycles. The summed E-state index contributed by atoms with van der Waals surface area (Å²) in [6, 6.07) is 5.13. The van der Waals surface area contributed by atoms with Crippen LogP contribution in [0.25, 0.3) is 0 Å². The molecule has 118 valence electrons. The molecule has 2 unspecified atom stereocenters. The molecule has 0 heterocycles. The van der Waals surface area contributed by atoms with Gasteiger partial charge < -0.3 is 10.5 Å². The molecule has 2 atom stereocenters. The van der Waals surface area contributed by atoms with E-state index in [9.17, 15) is 13.2 Å². The van der Waals surface area contributed by atoms with Crippen LogP contribution >= 0.6 is 0 Å². The number of esters is 1. The third-order valence-electron chi connectivity index (χ3n) is 3.10. The average molecular weight is 314 g/mol. The molecule has 0 radical (unpaired) electrons. The van der Waals surface area contributed by atoms with E-state index in [1.807, 2.05) is 0 Å². The molecule has 0 amide bonds. The molecule has 1 aromatic carbocycles.